The van der Waals surface area contributed by atoms with Crippen molar-refractivity contribution in [2.75, 3.05) is 0 Å². The predicted octanol–water partition coefficient (Wildman–Crippen LogP) is 1.37. The van der Waals surface area contributed by atoms with Gasteiger partial charge >= 0.3 is 5.97 Å². The quantitative estimate of drug-likeness (QED) is 0.535. The van der Waals surface area contributed by atoms with Crippen LogP contribution in [-0.4, -0.2) is 11.8 Å². The fourth-order valence-corrected chi connectivity index (χ4v) is 0.823. The number of allylic oxidation sites excluding steroid dienone is 1. The molecule has 0 atom stereocenters. The minimum atomic E-state index is -0.866. The topological polar surface area (TPSA) is 35.5 Å². The van der Waals surface area contributed by atoms with Crippen molar-refractivity contribution in [3.8, 4) is 0 Å². The van der Waals surface area contributed by atoms with Crippen molar-refractivity contribution in [1.82, 2.24) is 0 Å². The number of cyclic esters (lactones) is 1. The van der Waals surface area contributed by atoms with E-state index in [0.717, 1.165) is 0 Å². The predicted molar refractivity (Wildman–Crippen MR) is 39.5 cm³/mol. The maximum absolute atomic E-state index is 10.8. The van der Waals surface area contributed by atoms with E-state index < -0.39 is 11.8 Å². The molecule has 1 aliphatic heterocycles. The lowest BCUT2D eigenvalue weighted by Crippen LogP contribution is -2.33. The SMILES string of the molecule is C=CC1=CC(=O)OC(C)(C)O1. The van der Waals surface area contributed by atoms with Gasteiger partial charge in [0.15, 0.2) is 0 Å². The summed E-state index contributed by atoms with van der Waals surface area (Å²) in [5.74, 6) is -0.808. The number of ether oxygens (including phenoxy) is 2. The van der Waals surface area contributed by atoms with Gasteiger partial charge in [0.05, 0.1) is 6.08 Å². The van der Waals surface area contributed by atoms with Crippen molar-refractivity contribution >= 4 is 5.97 Å². The van der Waals surface area contributed by atoms with Gasteiger partial charge in [0.2, 0.25) is 5.79 Å². The Kier molecular flexibility index (Phi) is 1.72. The molecule has 1 aliphatic rings. The van der Waals surface area contributed by atoms with E-state index in [9.17, 15) is 4.79 Å². The first-order valence-corrected chi connectivity index (χ1v) is 3.29. The Balaban J connectivity index is 2.86. The Hall–Kier alpha value is -1.25. The van der Waals surface area contributed by atoms with Crippen LogP contribution in [0.2, 0.25) is 0 Å². The number of carbonyl (C=O) groups is 1. The number of rotatable bonds is 1. The molecule has 0 aromatic heterocycles. The smallest absolute Gasteiger partial charge is 0.337 e. The lowest BCUT2D eigenvalue weighted by atomic mass is 10.3. The minimum Gasteiger partial charge on any atom is -0.453 e. The normalized spacial score (nSPS) is 21.3. The Bertz CT molecular complexity index is 225. The van der Waals surface area contributed by atoms with E-state index in [-0.39, 0.29) is 0 Å². The number of hydrogen-bond acceptors (Lipinski definition) is 3. The van der Waals surface area contributed by atoms with Crippen LogP contribution in [0.5, 0.6) is 0 Å². The Labute approximate surface area is 65.3 Å². The number of carbonyl (C=O) groups excluding carboxylic acids is 1. The fourth-order valence-electron chi connectivity index (χ4n) is 0.823. The summed E-state index contributed by atoms with van der Waals surface area (Å²) in [4.78, 5) is 10.8. The third-order valence-electron chi connectivity index (χ3n) is 1.17. The summed E-state index contributed by atoms with van der Waals surface area (Å²) < 4.78 is 10.0. The van der Waals surface area contributed by atoms with Gasteiger partial charge in [-0.3, -0.25) is 0 Å². The molecule has 0 aromatic rings. The van der Waals surface area contributed by atoms with Gasteiger partial charge in [0, 0.05) is 13.8 Å². The highest BCUT2D eigenvalue weighted by molar-refractivity contribution is 5.83. The molecule has 0 bridgehead atoms. The summed E-state index contributed by atoms with van der Waals surface area (Å²) in [7, 11) is 0. The first-order chi connectivity index (χ1) is 5.03. The van der Waals surface area contributed by atoms with E-state index in [1.807, 2.05) is 0 Å². The first kappa shape index (κ1) is 7.85. The molecule has 3 heteroatoms. The molecule has 60 valence electrons. The second-order valence-corrected chi connectivity index (χ2v) is 2.67. The molecular weight excluding hydrogens is 144 g/mol. The maximum Gasteiger partial charge on any atom is 0.337 e. The molecule has 1 rings (SSSR count). The molecule has 0 saturated heterocycles. The molecule has 0 unspecified atom stereocenters. The standard InChI is InChI=1S/C8H10O3/c1-4-6-5-7(9)11-8(2,3)10-6/h4-5H,1H2,2-3H3. The average Bonchev–Trinajstić information content (AvgIpc) is 1.83. The Morgan fingerprint density at radius 1 is 1.55 bits per heavy atom. The molecule has 1 heterocycles. The van der Waals surface area contributed by atoms with Crippen molar-refractivity contribution < 1.29 is 14.3 Å². The van der Waals surface area contributed by atoms with Crippen molar-refractivity contribution in [2.45, 2.75) is 19.6 Å². The summed E-state index contributed by atoms with van der Waals surface area (Å²) in [6.45, 7) is 6.82. The summed E-state index contributed by atoms with van der Waals surface area (Å²) in [5, 5.41) is 0. The largest absolute Gasteiger partial charge is 0.453 e. The van der Waals surface area contributed by atoms with Gasteiger partial charge in [-0.15, -0.1) is 0 Å². The van der Waals surface area contributed by atoms with Crippen LogP contribution in [0.25, 0.3) is 0 Å². The Morgan fingerprint density at radius 3 is 2.64 bits per heavy atom. The molecule has 0 fully saturated rings. The Morgan fingerprint density at radius 2 is 2.18 bits per heavy atom. The number of esters is 1. The molecule has 0 aromatic carbocycles. The van der Waals surface area contributed by atoms with Crippen LogP contribution in [0.15, 0.2) is 24.5 Å². The molecule has 0 N–H and O–H groups in total. The second kappa shape index (κ2) is 2.42. The van der Waals surface area contributed by atoms with Gasteiger partial charge in [-0.05, 0) is 6.08 Å². The fraction of sp³-hybridized carbons (Fsp3) is 0.375. The van der Waals surface area contributed by atoms with E-state index in [0.29, 0.717) is 5.76 Å². The highest BCUT2D eigenvalue weighted by Crippen LogP contribution is 2.21. The van der Waals surface area contributed by atoms with Crippen molar-refractivity contribution in [3.63, 3.8) is 0 Å². The molecule has 0 saturated carbocycles. The van der Waals surface area contributed by atoms with Crippen molar-refractivity contribution in [2.24, 2.45) is 0 Å². The maximum atomic E-state index is 10.8. The zero-order valence-electron chi connectivity index (χ0n) is 6.59. The van der Waals surface area contributed by atoms with Gasteiger partial charge < -0.3 is 9.47 Å². The minimum absolute atomic E-state index is 0.392. The summed E-state index contributed by atoms with van der Waals surface area (Å²) in [6.07, 6.45) is 2.74. The van der Waals surface area contributed by atoms with Gasteiger partial charge in [-0.2, -0.15) is 0 Å². The first-order valence-electron chi connectivity index (χ1n) is 3.29. The zero-order chi connectivity index (χ0) is 8.48. The summed E-state index contributed by atoms with van der Waals surface area (Å²) >= 11 is 0. The molecular formula is C8H10O3. The zero-order valence-corrected chi connectivity index (χ0v) is 6.59. The van der Waals surface area contributed by atoms with Crippen LogP contribution in [0.1, 0.15) is 13.8 Å². The van der Waals surface area contributed by atoms with Crippen LogP contribution in [0, 0.1) is 0 Å². The molecule has 11 heavy (non-hydrogen) atoms. The molecule has 0 spiro atoms. The van der Waals surface area contributed by atoms with Crippen LogP contribution in [-0.2, 0) is 14.3 Å². The van der Waals surface area contributed by atoms with E-state index in [4.69, 9.17) is 9.47 Å². The van der Waals surface area contributed by atoms with E-state index in [2.05, 4.69) is 6.58 Å². The van der Waals surface area contributed by atoms with Crippen molar-refractivity contribution in [1.29, 1.82) is 0 Å². The molecule has 0 aliphatic carbocycles. The van der Waals surface area contributed by atoms with Crippen LogP contribution in [0.4, 0.5) is 0 Å². The lowest BCUT2D eigenvalue weighted by Gasteiger charge is -2.29. The number of hydrogen-bond donors (Lipinski definition) is 0. The van der Waals surface area contributed by atoms with Crippen molar-refractivity contribution in [3.05, 3.63) is 24.5 Å². The third-order valence-corrected chi connectivity index (χ3v) is 1.17. The molecule has 0 amide bonds. The summed E-state index contributed by atoms with van der Waals surface area (Å²) in [5.41, 5.74) is 0. The van der Waals surface area contributed by atoms with Crippen LogP contribution >= 0.6 is 0 Å². The van der Waals surface area contributed by atoms with E-state index in [1.165, 1.54) is 12.2 Å². The van der Waals surface area contributed by atoms with Gasteiger partial charge in [-0.1, -0.05) is 6.58 Å². The highest BCUT2D eigenvalue weighted by Gasteiger charge is 2.28. The van der Waals surface area contributed by atoms with Gasteiger partial charge in [-0.25, -0.2) is 4.79 Å². The highest BCUT2D eigenvalue weighted by atomic mass is 16.7. The van der Waals surface area contributed by atoms with Gasteiger partial charge in [0.25, 0.3) is 0 Å². The van der Waals surface area contributed by atoms with E-state index >= 15 is 0 Å². The van der Waals surface area contributed by atoms with Gasteiger partial charge in [0.1, 0.15) is 5.76 Å². The molecule has 3 nitrogen and oxygen atoms in total. The van der Waals surface area contributed by atoms with E-state index in [1.54, 1.807) is 13.8 Å². The third kappa shape index (κ3) is 1.83. The van der Waals surface area contributed by atoms with Crippen LogP contribution < -0.4 is 0 Å². The van der Waals surface area contributed by atoms with Crippen LogP contribution in [0.3, 0.4) is 0 Å². The second-order valence-electron chi connectivity index (χ2n) is 2.67. The lowest BCUT2D eigenvalue weighted by molar-refractivity contribution is -0.203. The monoisotopic (exact) mass is 154 g/mol. The average molecular weight is 154 g/mol. The summed E-state index contributed by atoms with van der Waals surface area (Å²) in [6, 6.07) is 0. The molecule has 0 radical (unpaired) electrons.